The molecule has 5 nitrogen and oxygen atoms in total. The molecule has 0 radical (unpaired) electrons. The third-order valence-electron chi connectivity index (χ3n) is 4.86. The van der Waals surface area contributed by atoms with Crippen LogP contribution >= 0.6 is 0 Å². The largest absolute Gasteiger partial charge is 0.507 e. The van der Waals surface area contributed by atoms with Crippen LogP contribution in [-0.2, 0) is 10.8 Å². The van der Waals surface area contributed by atoms with E-state index in [9.17, 15) is 19.8 Å². The fourth-order valence-electron chi connectivity index (χ4n) is 3.28. The summed E-state index contributed by atoms with van der Waals surface area (Å²) < 4.78 is 5.66. The monoisotopic (exact) mass is 398 g/mol. The van der Waals surface area contributed by atoms with E-state index in [1.54, 1.807) is 26.0 Å². The van der Waals surface area contributed by atoms with Crippen molar-refractivity contribution in [2.75, 3.05) is 0 Å². The van der Waals surface area contributed by atoms with E-state index in [-0.39, 0.29) is 22.1 Å². The predicted octanol–water partition coefficient (Wildman–Crippen LogP) is 5.52. The number of aryl methyl sites for hydroxylation is 2. The Kier molecular flexibility index (Phi) is 5.84. The fourth-order valence-corrected chi connectivity index (χ4v) is 3.28. The predicted molar refractivity (Wildman–Crippen MR) is 113 cm³/mol. The molecule has 0 aromatic heterocycles. The molecule has 0 saturated heterocycles. The summed E-state index contributed by atoms with van der Waals surface area (Å²) in [6.45, 7) is 15.3. The molecular weight excluding hydrogens is 368 g/mol. The van der Waals surface area contributed by atoms with E-state index in [2.05, 4.69) is 0 Å². The number of aromatic hydroxyl groups is 1. The summed E-state index contributed by atoms with van der Waals surface area (Å²) in [6, 6.07) is 6.30. The lowest BCUT2D eigenvalue weighted by atomic mass is 9.78. The third-order valence-corrected chi connectivity index (χ3v) is 4.86. The highest BCUT2D eigenvalue weighted by Crippen LogP contribution is 2.40. The van der Waals surface area contributed by atoms with Crippen LogP contribution < -0.4 is 4.74 Å². The number of rotatable bonds is 3. The van der Waals surface area contributed by atoms with Gasteiger partial charge in [-0.1, -0.05) is 41.5 Å². The zero-order valence-electron chi connectivity index (χ0n) is 18.4. The molecule has 0 saturated carbocycles. The topological polar surface area (TPSA) is 83.8 Å². The minimum absolute atomic E-state index is 0.148. The molecule has 0 heterocycles. The van der Waals surface area contributed by atoms with Gasteiger partial charge in [0.1, 0.15) is 11.5 Å². The summed E-state index contributed by atoms with van der Waals surface area (Å²) in [4.78, 5) is 24.2. The van der Waals surface area contributed by atoms with Crippen LogP contribution in [0.25, 0.3) is 0 Å². The van der Waals surface area contributed by atoms with E-state index in [4.69, 9.17) is 4.74 Å². The number of hydrogen-bond donors (Lipinski definition) is 2. The fraction of sp³-hybridized carbons (Fsp3) is 0.417. The highest BCUT2D eigenvalue weighted by molar-refractivity contribution is 5.93. The van der Waals surface area contributed by atoms with Gasteiger partial charge in [-0.25, -0.2) is 9.59 Å². The average molecular weight is 398 g/mol. The van der Waals surface area contributed by atoms with E-state index >= 15 is 0 Å². The SMILES string of the molecule is Cc1cc(C(=O)O)cc(C)c1OC(=O)c1cc(C(C)(C)C)c(O)c(C(C)(C)C)c1. The summed E-state index contributed by atoms with van der Waals surface area (Å²) in [5.41, 5.74) is 2.25. The van der Waals surface area contributed by atoms with Crippen molar-refractivity contribution >= 4 is 11.9 Å². The van der Waals surface area contributed by atoms with Gasteiger partial charge in [0, 0.05) is 11.1 Å². The number of phenols is 1. The maximum Gasteiger partial charge on any atom is 0.343 e. The lowest BCUT2D eigenvalue weighted by molar-refractivity contribution is 0.0696. The van der Waals surface area contributed by atoms with Crippen LogP contribution in [0.2, 0.25) is 0 Å². The number of benzene rings is 2. The molecule has 2 N–H and O–H groups in total. The van der Waals surface area contributed by atoms with E-state index in [0.29, 0.717) is 33.6 Å². The molecule has 156 valence electrons. The molecule has 0 unspecified atom stereocenters. The minimum atomic E-state index is -1.03. The summed E-state index contributed by atoms with van der Waals surface area (Å²) in [7, 11) is 0. The summed E-state index contributed by atoms with van der Waals surface area (Å²) in [6.07, 6.45) is 0. The Bertz CT molecular complexity index is 914. The van der Waals surface area contributed by atoms with Crippen LogP contribution in [0.3, 0.4) is 0 Å². The van der Waals surface area contributed by atoms with Gasteiger partial charge in [-0.15, -0.1) is 0 Å². The molecule has 0 fully saturated rings. The molecule has 2 rings (SSSR count). The molecule has 0 aliphatic carbocycles. The van der Waals surface area contributed by atoms with Gasteiger partial charge in [-0.05, 0) is 60.1 Å². The van der Waals surface area contributed by atoms with Crippen molar-refractivity contribution in [3.63, 3.8) is 0 Å². The van der Waals surface area contributed by atoms with Gasteiger partial charge in [-0.2, -0.15) is 0 Å². The lowest BCUT2D eigenvalue weighted by Gasteiger charge is -2.28. The molecule has 0 spiro atoms. The van der Waals surface area contributed by atoms with E-state index in [1.165, 1.54) is 12.1 Å². The van der Waals surface area contributed by atoms with Crippen LogP contribution in [0, 0.1) is 13.8 Å². The number of ether oxygens (including phenoxy) is 1. The maximum atomic E-state index is 13.0. The van der Waals surface area contributed by atoms with Crippen LogP contribution in [0.15, 0.2) is 24.3 Å². The first-order valence-corrected chi connectivity index (χ1v) is 9.57. The molecular formula is C24H30O5. The highest BCUT2D eigenvalue weighted by Gasteiger charge is 2.28. The number of aromatic carboxylic acids is 1. The molecule has 29 heavy (non-hydrogen) atoms. The van der Waals surface area contributed by atoms with Crippen molar-refractivity contribution in [2.45, 2.75) is 66.2 Å². The number of carbonyl (C=O) groups excluding carboxylic acids is 1. The molecule has 0 amide bonds. The van der Waals surface area contributed by atoms with Gasteiger partial charge < -0.3 is 14.9 Å². The second kappa shape index (κ2) is 7.54. The number of carbonyl (C=O) groups is 2. The van der Waals surface area contributed by atoms with E-state index in [1.807, 2.05) is 41.5 Å². The summed E-state index contributed by atoms with van der Waals surface area (Å²) >= 11 is 0. The Morgan fingerprint density at radius 2 is 1.21 bits per heavy atom. The van der Waals surface area contributed by atoms with Gasteiger partial charge in [0.25, 0.3) is 0 Å². The first kappa shape index (κ1) is 22.5. The molecule has 2 aromatic rings. The van der Waals surface area contributed by atoms with Gasteiger partial charge in [-0.3, -0.25) is 0 Å². The lowest BCUT2D eigenvalue weighted by Crippen LogP contribution is -2.20. The Morgan fingerprint density at radius 1 is 0.793 bits per heavy atom. The average Bonchev–Trinajstić information content (AvgIpc) is 2.55. The highest BCUT2D eigenvalue weighted by atomic mass is 16.5. The number of hydrogen-bond acceptors (Lipinski definition) is 4. The summed E-state index contributed by atoms with van der Waals surface area (Å²) in [5.74, 6) is -1.03. The first-order chi connectivity index (χ1) is 13.1. The Morgan fingerprint density at radius 3 is 1.55 bits per heavy atom. The van der Waals surface area contributed by atoms with Gasteiger partial charge in [0.2, 0.25) is 0 Å². The zero-order chi connectivity index (χ0) is 22.3. The maximum absolute atomic E-state index is 13.0. The van der Waals surface area contributed by atoms with Crippen LogP contribution in [0.4, 0.5) is 0 Å². The quantitative estimate of drug-likeness (QED) is 0.525. The standard InChI is InChI=1S/C24H30O5/c1-13-9-15(21(26)27)10-14(2)20(13)29-22(28)16-11-17(23(3,4)5)19(25)18(12-16)24(6,7)8/h9-12,25H,1-8H3,(H,26,27). The van der Waals surface area contributed by atoms with Crippen molar-refractivity contribution in [3.8, 4) is 11.5 Å². The molecule has 0 bridgehead atoms. The van der Waals surface area contributed by atoms with Crippen molar-refractivity contribution in [1.82, 2.24) is 0 Å². The molecule has 0 aliphatic heterocycles. The number of carboxylic acids is 1. The second-order valence-electron chi connectivity index (χ2n) is 9.55. The molecule has 5 heteroatoms. The molecule has 2 aromatic carbocycles. The zero-order valence-corrected chi connectivity index (χ0v) is 18.4. The van der Waals surface area contributed by atoms with Crippen molar-refractivity contribution in [1.29, 1.82) is 0 Å². The minimum Gasteiger partial charge on any atom is -0.507 e. The van der Waals surface area contributed by atoms with Crippen LogP contribution in [0.5, 0.6) is 11.5 Å². The summed E-state index contributed by atoms with van der Waals surface area (Å²) in [5, 5.41) is 20.0. The van der Waals surface area contributed by atoms with Gasteiger partial charge >= 0.3 is 11.9 Å². The van der Waals surface area contributed by atoms with Crippen molar-refractivity contribution in [2.24, 2.45) is 0 Å². The Balaban J connectivity index is 2.56. The van der Waals surface area contributed by atoms with E-state index < -0.39 is 11.9 Å². The molecule has 0 aliphatic rings. The third kappa shape index (κ3) is 4.78. The second-order valence-corrected chi connectivity index (χ2v) is 9.55. The van der Waals surface area contributed by atoms with E-state index in [0.717, 1.165) is 0 Å². The first-order valence-electron chi connectivity index (χ1n) is 9.57. The van der Waals surface area contributed by atoms with Crippen LogP contribution in [-0.4, -0.2) is 22.2 Å². The molecule has 0 atom stereocenters. The number of carboxylic acid groups (broad SMARTS) is 1. The Labute approximate surface area is 172 Å². The van der Waals surface area contributed by atoms with Gasteiger partial charge in [0.15, 0.2) is 0 Å². The van der Waals surface area contributed by atoms with Crippen molar-refractivity contribution < 1.29 is 24.5 Å². The normalized spacial score (nSPS) is 12.0. The van der Waals surface area contributed by atoms with Gasteiger partial charge in [0.05, 0.1) is 11.1 Å². The Hall–Kier alpha value is -2.82. The number of phenolic OH excluding ortho intramolecular Hbond substituents is 1. The number of esters is 1. The smallest absolute Gasteiger partial charge is 0.343 e. The van der Waals surface area contributed by atoms with Crippen molar-refractivity contribution in [3.05, 3.63) is 57.6 Å². The van der Waals surface area contributed by atoms with Crippen LogP contribution in [0.1, 0.15) is 84.5 Å².